The van der Waals surface area contributed by atoms with Crippen molar-refractivity contribution in [3.8, 4) is 0 Å². The third-order valence-electron chi connectivity index (χ3n) is 1.41. The van der Waals surface area contributed by atoms with Gasteiger partial charge in [-0.3, -0.25) is 0 Å². The normalized spacial score (nSPS) is 11.4. The van der Waals surface area contributed by atoms with Gasteiger partial charge in [0, 0.05) is 0 Å². The molecule has 14 heavy (non-hydrogen) atoms. The van der Waals surface area contributed by atoms with Gasteiger partial charge in [-0.1, -0.05) is 4.85 Å². The first-order valence-electron chi connectivity index (χ1n) is 3.31. The lowest BCUT2D eigenvalue weighted by Gasteiger charge is -2.08. The van der Waals surface area contributed by atoms with Gasteiger partial charge in [0.1, 0.15) is 12.7 Å². The van der Waals surface area contributed by atoms with E-state index < -0.39 is 23.4 Å². The summed E-state index contributed by atoms with van der Waals surface area (Å²) in [6.07, 6.45) is -4.24. The fraction of sp³-hybridized carbons (Fsp3) is 0.333. The van der Waals surface area contributed by atoms with Crippen LogP contribution in [0.25, 0.3) is 0 Å². The van der Waals surface area contributed by atoms with E-state index >= 15 is 0 Å². The summed E-state index contributed by atoms with van der Waals surface area (Å²) in [5, 5.41) is 11.5. The number of nitrogens with zero attached hydrogens (tertiary/aromatic N) is 2. The molecule has 0 spiro atoms. The van der Waals surface area contributed by atoms with Crippen molar-refractivity contribution in [2.75, 3.05) is 7.11 Å². The molecule has 0 radical (unpaired) electrons. The van der Waals surface area contributed by atoms with E-state index in [0.717, 1.165) is 7.11 Å². The number of carbonyl (C=O) groups is 1. The lowest BCUT2D eigenvalue weighted by molar-refractivity contribution is -0.152. The zero-order valence-corrected chi connectivity index (χ0v) is 6.87. The molecule has 1 rings (SSSR count). The summed E-state index contributed by atoms with van der Waals surface area (Å²) < 4.78 is 36.9. The second kappa shape index (κ2) is 3.20. The molecule has 0 saturated carbocycles. The molecule has 1 aromatic heterocycles. The molecule has 0 fully saturated rings. The zero-order valence-electron chi connectivity index (χ0n) is 6.87. The highest BCUT2D eigenvalue weighted by atomic mass is 19.4. The average molecular weight is 210 g/mol. The molecule has 0 unspecified atom stereocenters. The maximum Gasteiger partial charge on any atom is 0.437 e. The summed E-state index contributed by atoms with van der Waals surface area (Å²) in [6, 6.07) is 0. The molecular weight excluding hydrogens is 205 g/mol. The van der Waals surface area contributed by atoms with Crippen LogP contribution in [0.4, 0.5) is 13.2 Å². The van der Waals surface area contributed by atoms with Crippen LogP contribution in [0.2, 0.25) is 0 Å². The van der Waals surface area contributed by atoms with Gasteiger partial charge >= 0.3 is 12.1 Å². The second-order valence-electron chi connectivity index (χ2n) is 2.27. The van der Waals surface area contributed by atoms with Crippen molar-refractivity contribution < 1.29 is 27.9 Å². The number of carboxylic acid groups (broad SMARTS) is 1. The van der Waals surface area contributed by atoms with Crippen LogP contribution >= 0.6 is 0 Å². The summed E-state index contributed by atoms with van der Waals surface area (Å²) in [5.41, 5.74) is -2.38. The highest BCUT2D eigenvalue weighted by molar-refractivity contribution is 5.88. The summed E-state index contributed by atoms with van der Waals surface area (Å²) >= 11 is 0. The number of aromatic nitrogens is 2. The smallest absolute Gasteiger partial charge is 0.437 e. The van der Waals surface area contributed by atoms with Crippen molar-refractivity contribution in [3.05, 3.63) is 17.5 Å². The first-order valence-corrected chi connectivity index (χ1v) is 3.31. The largest absolute Gasteiger partial charge is 0.478 e. The van der Waals surface area contributed by atoms with E-state index in [2.05, 4.69) is 9.94 Å². The molecule has 0 aliphatic heterocycles. The maximum absolute atomic E-state index is 12.3. The van der Waals surface area contributed by atoms with Gasteiger partial charge in [0.05, 0.1) is 6.20 Å². The van der Waals surface area contributed by atoms with E-state index in [9.17, 15) is 18.0 Å². The van der Waals surface area contributed by atoms with Crippen LogP contribution in [0.5, 0.6) is 0 Å². The Morgan fingerprint density at radius 2 is 2.21 bits per heavy atom. The average Bonchev–Trinajstić information content (AvgIpc) is 2.45. The molecule has 0 aliphatic rings. The Labute approximate surface area is 75.7 Å². The lowest BCUT2D eigenvalue weighted by Crippen LogP contribution is -2.21. The van der Waals surface area contributed by atoms with Gasteiger partial charge in [-0.2, -0.15) is 13.2 Å². The molecule has 1 N–H and O–H groups in total. The Morgan fingerprint density at radius 3 is 2.57 bits per heavy atom. The topological polar surface area (TPSA) is 64.4 Å². The Balaban J connectivity index is 3.34. The Bertz CT molecular complexity index is 358. The monoisotopic (exact) mass is 210 g/mol. The third-order valence-corrected chi connectivity index (χ3v) is 1.41. The van der Waals surface area contributed by atoms with Crippen LogP contribution in [0.1, 0.15) is 16.1 Å². The Morgan fingerprint density at radius 1 is 1.64 bits per heavy atom. The SMILES string of the molecule is COn1ncc(C(=O)O)c1C(F)(F)F. The van der Waals surface area contributed by atoms with Gasteiger partial charge in [-0.05, 0) is 0 Å². The minimum absolute atomic E-state index is 0.115. The predicted molar refractivity (Wildman–Crippen MR) is 36.7 cm³/mol. The molecule has 78 valence electrons. The van der Waals surface area contributed by atoms with Crippen molar-refractivity contribution in [1.29, 1.82) is 0 Å². The fourth-order valence-corrected chi connectivity index (χ4v) is 0.888. The Kier molecular flexibility index (Phi) is 2.37. The predicted octanol–water partition coefficient (Wildman–Crippen LogP) is 0.658. The molecule has 0 aromatic carbocycles. The van der Waals surface area contributed by atoms with Gasteiger partial charge < -0.3 is 9.94 Å². The number of alkyl halides is 3. The second-order valence-corrected chi connectivity index (χ2v) is 2.27. The van der Waals surface area contributed by atoms with Crippen LogP contribution in [-0.2, 0) is 6.18 Å². The third kappa shape index (κ3) is 1.63. The summed E-state index contributed by atoms with van der Waals surface area (Å²) in [5.74, 6) is -1.71. The molecule has 0 bridgehead atoms. The minimum Gasteiger partial charge on any atom is -0.478 e. The van der Waals surface area contributed by atoms with Gasteiger partial charge in [-0.15, -0.1) is 5.10 Å². The highest BCUT2D eigenvalue weighted by Crippen LogP contribution is 2.31. The molecule has 1 aromatic rings. The lowest BCUT2D eigenvalue weighted by atomic mass is 10.2. The van der Waals surface area contributed by atoms with Gasteiger partial charge in [0.15, 0.2) is 5.69 Å². The van der Waals surface area contributed by atoms with Crippen LogP contribution < -0.4 is 4.84 Å². The van der Waals surface area contributed by atoms with E-state index in [0.29, 0.717) is 6.20 Å². The van der Waals surface area contributed by atoms with Gasteiger partial charge in [-0.25, -0.2) is 4.79 Å². The van der Waals surface area contributed by atoms with Gasteiger partial charge in [0.25, 0.3) is 0 Å². The number of hydrogen-bond donors (Lipinski definition) is 1. The van der Waals surface area contributed by atoms with E-state index in [1.54, 1.807) is 0 Å². The number of hydrogen-bond acceptors (Lipinski definition) is 3. The minimum atomic E-state index is -4.82. The van der Waals surface area contributed by atoms with Crippen LogP contribution in [0.3, 0.4) is 0 Å². The molecule has 0 saturated heterocycles. The highest BCUT2D eigenvalue weighted by Gasteiger charge is 2.41. The number of aromatic carboxylic acids is 1. The first kappa shape index (κ1) is 10.4. The standard InChI is InChI=1S/C6H5F3N2O3/c1-14-11-4(6(7,8)9)3(2-10-11)5(12)13/h2H,1H3,(H,12,13). The molecule has 0 atom stereocenters. The van der Waals surface area contributed by atoms with Crippen LogP contribution in [0, 0.1) is 0 Å². The quantitative estimate of drug-likeness (QED) is 0.778. The molecule has 0 aliphatic carbocycles. The number of rotatable bonds is 2. The number of halogens is 3. The van der Waals surface area contributed by atoms with Crippen molar-refractivity contribution >= 4 is 5.97 Å². The molecular formula is C6H5F3N2O3. The van der Waals surface area contributed by atoms with Crippen molar-refractivity contribution in [3.63, 3.8) is 0 Å². The van der Waals surface area contributed by atoms with E-state index in [-0.39, 0.29) is 4.85 Å². The van der Waals surface area contributed by atoms with Crippen molar-refractivity contribution in [1.82, 2.24) is 9.94 Å². The first-order chi connectivity index (χ1) is 6.38. The van der Waals surface area contributed by atoms with Crippen molar-refractivity contribution in [2.24, 2.45) is 0 Å². The van der Waals surface area contributed by atoms with E-state index in [4.69, 9.17) is 5.11 Å². The van der Waals surface area contributed by atoms with Crippen LogP contribution in [-0.4, -0.2) is 28.1 Å². The summed E-state index contributed by atoms with van der Waals surface area (Å²) in [7, 11) is 0.952. The fourth-order valence-electron chi connectivity index (χ4n) is 0.888. The van der Waals surface area contributed by atoms with Crippen LogP contribution in [0.15, 0.2) is 6.20 Å². The van der Waals surface area contributed by atoms with Crippen molar-refractivity contribution in [2.45, 2.75) is 6.18 Å². The van der Waals surface area contributed by atoms with Gasteiger partial charge in [0.2, 0.25) is 0 Å². The maximum atomic E-state index is 12.3. The van der Waals surface area contributed by atoms with E-state index in [1.165, 1.54) is 0 Å². The summed E-state index contributed by atoms with van der Waals surface area (Å²) in [4.78, 5) is 14.7. The molecule has 0 amide bonds. The number of carboxylic acids is 1. The molecule has 1 heterocycles. The molecule has 5 nitrogen and oxygen atoms in total. The van der Waals surface area contributed by atoms with E-state index in [1.807, 2.05) is 0 Å². The molecule has 8 heteroatoms. The summed E-state index contributed by atoms with van der Waals surface area (Å²) in [6.45, 7) is 0. The zero-order chi connectivity index (χ0) is 10.9. The Hall–Kier alpha value is -1.73.